The minimum atomic E-state index is 0.613. The molecule has 0 atom stereocenters. The molecule has 3 heterocycles. The fourth-order valence-electron chi connectivity index (χ4n) is 2.03. The van der Waals surface area contributed by atoms with Crippen LogP contribution in [0.25, 0.3) is 11.0 Å². The van der Waals surface area contributed by atoms with E-state index < -0.39 is 0 Å². The molecule has 0 amide bonds. The second-order valence-corrected chi connectivity index (χ2v) is 4.03. The summed E-state index contributed by atoms with van der Waals surface area (Å²) in [6.45, 7) is 0.613. The third kappa shape index (κ3) is 1.78. The maximum Gasteiger partial charge on any atom is 0.152 e. The van der Waals surface area contributed by atoms with Gasteiger partial charge in [-0.1, -0.05) is 6.07 Å². The zero-order valence-corrected chi connectivity index (χ0v) is 9.65. The first kappa shape index (κ1) is 10.7. The third-order valence-corrected chi connectivity index (χ3v) is 2.85. The number of rotatable bonds is 3. The first-order valence-electron chi connectivity index (χ1n) is 5.67. The number of pyridine rings is 2. The summed E-state index contributed by atoms with van der Waals surface area (Å²) in [6, 6.07) is 9.52. The van der Waals surface area contributed by atoms with Crippen molar-refractivity contribution in [1.29, 1.82) is 0 Å². The van der Waals surface area contributed by atoms with Gasteiger partial charge in [-0.05, 0) is 24.3 Å². The van der Waals surface area contributed by atoms with Crippen LogP contribution < -0.4 is 0 Å². The molecule has 0 fully saturated rings. The summed E-state index contributed by atoms with van der Waals surface area (Å²) in [5.41, 5.74) is 2.41. The van der Waals surface area contributed by atoms with E-state index in [2.05, 4.69) is 9.97 Å². The average molecular weight is 237 g/mol. The van der Waals surface area contributed by atoms with E-state index >= 15 is 0 Å². The van der Waals surface area contributed by atoms with Gasteiger partial charge in [0.05, 0.1) is 12.2 Å². The Morgan fingerprint density at radius 3 is 2.78 bits per heavy atom. The average Bonchev–Trinajstić information content (AvgIpc) is 2.78. The molecule has 0 aliphatic carbocycles. The van der Waals surface area contributed by atoms with Crippen molar-refractivity contribution in [1.82, 2.24) is 14.5 Å². The van der Waals surface area contributed by atoms with E-state index in [1.807, 2.05) is 41.1 Å². The summed E-state index contributed by atoms with van der Waals surface area (Å²) in [5.74, 6) is 0. The lowest BCUT2D eigenvalue weighted by atomic mass is 10.2. The minimum Gasteiger partial charge on any atom is -0.326 e. The molecule has 0 saturated heterocycles. The molecule has 0 aliphatic heterocycles. The number of carbonyl (C=O) groups excluding carboxylic acids is 1. The normalized spacial score (nSPS) is 10.7. The summed E-state index contributed by atoms with van der Waals surface area (Å²) in [7, 11) is 0. The van der Waals surface area contributed by atoms with Crippen LogP contribution in [0.1, 0.15) is 16.1 Å². The Morgan fingerprint density at radius 1 is 1.11 bits per heavy atom. The molecule has 0 aromatic carbocycles. The fourth-order valence-corrected chi connectivity index (χ4v) is 2.03. The number of hydrogen-bond acceptors (Lipinski definition) is 3. The Hall–Kier alpha value is -2.49. The lowest BCUT2D eigenvalue weighted by Crippen LogP contribution is -2.00. The first-order chi connectivity index (χ1) is 8.88. The Morgan fingerprint density at radius 2 is 2.00 bits per heavy atom. The molecule has 3 aromatic rings. The van der Waals surface area contributed by atoms with E-state index in [1.54, 1.807) is 12.4 Å². The van der Waals surface area contributed by atoms with Gasteiger partial charge < -0.3 is 4.57 Å². The molecule has 4 nitrogen and oxygen atoms in total. The Bertz CT molecular complexity index is 689. The standard InChI is InChI=1S/C14H11N3O/c18-10-11-8-17(9-12-4-1-2-6-15-12)14-13(11)5-3-7-16-14/h1-8,10H,9H2. The van der Waals surface area contributed by atoms with Gasteiger partial charge in [-0.3, -0.25) is 9.78 Å². The van der Waals surface area contributed by atoms with Gasteiger partial charge in [-0.25, -0.2) is 4.98 Å². The number of aromatic nitrogens is 3. The van der Waals surface area contributed by atoms with E-state index in [1.165, 1.54) is 0 Å². The lowest BCUT2D eigenvalue weighted by molar-refractivity contribution is 0.112. The highest BCUT2D eigenvalue weighted by Crippen LogP contribution is 2.18. The maximum absolute atomic E-state index is 11.0. The van der Waals surface area contributed by atoms with Crippen molar-refractivity contribution in [2.45, 2.75) is 6.54 Å². The van der Waals surface area contributed by atoms with E-state index in [9.17, 15) is 4.79 Å². The van der Waals surface area contributed by atoms with E-state index in [0.29, 0.717) is 12.1 Å². The predicted octanol–water partition coefficient (Wildman–Crippen LogP) is 2.29. The van der Waals surface area contributed by atoms with Crippen molar-refractivity contribution < 1.29 is 4.79 Å². The van der Waals surface area contributed by atoms with Crippen molar-refractivity contribution in [3.05, 3.63) is 60.2 Å². The molecule has 3 aromatic heterocycles. The summed E-state index contributed by atoms with van der Waals surface area (Å²) in [5, 5.41) is 0.878. The molecule has 3 rings (SSSR count). The summed E-state index contributed by atoms with van der Waals surface area (Å²) >= 11 is 0. The highest BCUT2D eigenvalue weighted by atomic mass is 16.1. The van der Waals surface area contributed by atoms with Crippen LogP contribution in [0.5, 0.6) is 0 Å². The van der Waals surface area contributed by atoms with Crippen molar-refractivity contribution in [3.8, 4) is 0 Å². The summed E-state index contributed by atoms with van der Waals surface area (Å²) in [4.78, 5) is 19.6. The minimum absolute atomic E-state index is 0.613. The molecular formula is C14H11N3O. The highest BCUT2D eigenvalue weighted by molar-refractivity contribution is 5.95. The summed E-state index contributed by atoms with van der Waals surface area (Å²) < 4.78 is 1.95. The second kappa shape index (κ2) is 4.41. The highest BCUT2D eigenvalue weighted by Gasteiger charge is 2.08. The van der Waals surface area contributed by atoms with Crippen molar-refractivity contribution in [3.63, 3.8) is 0 Å². The van der Waals surface area contributed by atoms with Crippen LogP contribution in [0.15, 0.2) is 48.9 Å². The van der Waals surface area contributed by atoms with E-state index in [-0.39, 0.29) is 0 Å². The zero-order chi connectivity index (χ0) is 12.4. The Labute approximate surface area is 104 Å². The van der Waals surface area contributed by atoms with Crippen LogP contribution >= 0.6 is 0 Å². The number of hydrogen-bond donors (Lipinski definition) is 0. The zero-order valence-electron chi connectivity index (χ0n) is 9.65. The Balaban J connectivity index is 2.10. The smallest absolute Gasteiger partial charge is 0.152 e. The molecule has 0 bridgehead atoms. The van der Waals surface area contributed by atoms with Gasteiger partial charge in [-0.15, -0.1) is 0 Å². The fraction of sp³-hybridized carbons (Fsp3) is 0.0714. The van der Waals surface area contributed by atoms with Crippen molar-refractivity contribution in [2.75, 3.05) is 0 Å². The quantitative estimate of drug-likeness (QED) is 0.657. The van der Waals surface area contributed by atoms with Crippen molar-refractivity contribution >= 4 is 17.3 Å². The van der Waals surface area contributed by atoms with Gasteiger partial charge in [0.15, 0.2) is 6.29 Å². The van der Waals surface area contributed by atoms with Crippen molar-refractivity contribution in [2.24, 2.45) is 0 Å². The number of aldehydes is 1. The molecule has 0 saturated carbocycles. The number of nitrogens with zero attached hydrogens (tertiary/aromatic N) is 3. The molecule has 0 radical (unpaired) electrons. The third-order valence-electron chi connectivity index (χ3n) is 2.85. The van der Waals surface area contributed by atoms with Gasteiger partial charge in [0, 0.05) is 29.5 Å². The Kier molecular flexibility index (Phi) is 2.61. The topological polar surface area (TPSA) is 47.8 Å². The van der Waals surface area contributed by atoms with Crippen LogP contribution in [0.3, 0.4) is 0 Å². The van der Waals surface area contributed by atoms with Crippen LogP contribution in [-0.2, 0) is 6.54 Å². The molecule has 0 unspecified atom stereocenters. The van der Waals surface area contributed by atoms with Gasteiger partial charge in [0.2, 0.25) is 0 Å². The van der Waals surface area contributed by atoms with Gasteiger partial charge in [0.1, 0.15) is 5.65 Å². The van der Waals surface area contributed by atoms with Gasteiger partial charge in [-0.2, -0.15) is 0 Å². The molecule has 0 N–H and O–H groups in total. The molecular weight excluding hydrogens is 226 g/mol. The first-order valence-corrected chi connectivity index (χ1v) is 5.67. The lowest BCUT2D eigenvalue weighted by Gasteiger charge is -2.03. The van der Waals surface area contributed by atoms with Crippen LogP contribution in [0.4, 0.5) is 0 Å². The van der Waals surface area contributed by atoms with Gasteiger partial charge >= 0.3 is 0 Å². The monoisotopic (exact) mass is 237 g/mol. The largest absolute Gasteiger partial charge is 0.326 e. The molecule has 18 heavy (non-hydrogen) atoms. The SMILES string of the molecule is O=Cc1cn(Cc2ccccn2)c2ncccc12. The number of fused-ring (bicyclic) bond motifs is 1. The van der Waals surface area contributed by atoms with Gasteiger partial charge in [0.25, 0.3) is 0 Å². The molecule has 88 valence electrons. The maximum atomic E-state index is 11.0. The van der Waals surface area contributed by atoms with E-state index in [0.717, 1.165) is 23.0 Å². The number of carbonyl (C=O) groups is 1. The van der Waals surface area contributed by atoms with Crippen LogP contribution in [0.2, 0.25) is 0 Å². The molecule has 4 heteroatoms. The van der Waals surface area contributed by atoms with Crippen LogP contribution in [0, 0.1) is 0 Å². The van der Waals surface area contributed by atoms with E-state index in [4.69, 9.17) is 0 Å². The molecule has 0 aliphatic rings. The summed E-state index contributed by atoms with van der Waals surface area (Å²) in [6.07, 6.45) is 6.17. The predicted molar refractivity (Wildman–Crippen MR) is 68.5 cm³/mol. The molecule has 0 spiro atoms. The van der Waals surface area contributed by atoms with Crippen LogP contribution in [-0.4, -0.2) is 20.8 Å². The second-order valence-electron chi connectivity index (χ2n) is 4.03.